The Bertz CT molecular complexity index is 1300. The molecular weight excluding hydrogens is 510 g/mol. The van der Waals surface area contributed by atoms with Gasteiger partial charge in [0.2, 0.25) is 0 Å². The maximum absolute atomic E-state index is 5.62. The molecule has 0 unspecified atom stereocenters. The van der Waals surface area contributed by atoms with Crippen LogP contribution < -0.4 is 10.6 Å². The Kier molecular flexibility index (Phi) is 10.6. The van der Waals surface area contributed by atoms with Gasteiger partial charge in [-0.2, -0.15) is 0 Å². The smallest absolute Gasteiger partial charge is 0.131 e. The first-order chi connectivity index (χ1) is 20.5. The number of hydrogen-bond acceptors (Lipinski definition) is 2. The van der Waals surface area contributed by atoms with Crippen LogP contribution in [0.4, 0.5) is 5.69 Å². The van der Waals surface area contributed by atoms with Gasteiger partial charge in [0.15, 0.2) is 0 Å². The van der Waals surface area contributed by atoms with Gasteiger partial charge in [-0.1, -0.05) is 145 Å². The van der Waals surface area contributed by atoms with Gasteiger partial charge >= 0.3 is 0 Å². The van der Waals surface area contributed by atoms with E-state index in [1.807, 2.05) is 0 Å². The predicted molar refractivity (Wildman–Crippen MR) is 182 cm³/mol. The summed E-state index contributed by atoms with van der Waals surface area (Å²) < 4.78 is 0. The lowest BCUT2D eigenvalue weighted by Crippen LogP contribution is -2.38. The van der Waals surface area contributed by atoms with Gasteiger partial charge in [0.25, 0.3) is 0 Å². The Hall–Kier alpha value is -3.33. The number of benzene rings is 3. The fourth-order valence-electron chi connectivity index (χ4n) is 6.72. The summed E-state index contributed by atoms with van der Waals surface area (Å²) in [5, 5.41) is 8.17. The summed E-state index contributed by atoms with van der Waals surface area (Å²) >= 11 is 0. The van der Waals surface area contributed by atoms with Crippen molar-refractivity contribution in [3.63, 3.8) is 0 Å². The van der Waals surface area contributed by atoms with Crippen molar-refractivity contribution in [2.75, 3.05) is 5.32 Å². The molecule has 222 valence electrons. The van der Waals surface area contributed by atoms with Crippen molar-refractivity contribution < 1.29 is 0 Å². The highest BCUT2D eigenvalue weighted by Crippen LogP contribution is 2.37. The van der Waals surface area contributed by atoms with Crippen LogP contribution in [0.25, 0.3) is 11.3 Å². The second-order valence-corrected chi connectivity index (χ2v) is 13.0. The van der Waals surface area contributed by atoms with Gasteiger partial charge in [-0.05, 0) is 59.8 Å². The molecule has 0 atom stereocenters. The molecule has 2 saturated carbocycles. The molecule has 0 aliphatic heterocycles. The summed E-state index contributed by atoms with van der Waals surface area (Å²) in [7, 11) is 0. The molecule has 2 aliphatic rings. The molecule has 42 heavy (non-hydrogen) atoms. The molecule has 3 heteroatoms. The standard InChI is InChI=1S/C39H51N3/c1-28(2)34-26-17-27-35(29(3)4)38(34)42-37(31-20-11-6-12-21-31)36(30-18-9-5-10-19-30)39(40-32-22-13-7-14-23-32)41-33-24-15-8-16-25-33/h5-6,9-12,17-21,26-29,32-33,42H,7-8,13-16,22-25H2,1-4H3,(H,40,41)/b37-36+. The Morgan fingerprint density at radius 2 is 1.14 bits per heavy atom. The van der Waals surface area contributed by atoms with Crippen molar-refractivity contribution in [2.45, 2.75) is 116 Å². The summed E-state index contributed by atoms with van der Waals surface area (Å²) in [5.41, 5.74) is 8.66. The van der Waals surface area contributed by atoms with E-state index < -0.39 is 0 Å². The number of hydrogen-bond donors (Lipinski definition) is 2. The average Bonchev–Trinajstić information content (AvgIpc) is 3.02. The van der Waals surface area contributed by atoms with Gasteiger partial charge in [-0.15, -0.1) is 0 Å². The average molecular weight is 562 g/mol. The van der Waals surface area contributed by atoms with E-state index in [4.69, 9.17) is 4.99 Å². The molecule has 0 spiro atoms. The van der Waals surface area contributed by atoms with Gasteiger partial charge in [-0.25, -0.2) is 0 Å². The molecule has 2 N–H and O–H groups in total. The molecule has 5 rings (SSSR count). The number of aliphatic imine (C=N–C) groups is 1. The maximum atomic E-state index is 5.62. The zero-order valence-corrected chi connectivity index (χ0v) is 26.3. The normalized spacial score (nSPS) is 17.8. The van der Waals surface area contributed by atoms with Gasteiger partial charge in [0.1, 0.15) is 5.84 Å². The fourth-order valence-corrected chi connectivity index (χ4v) is 6.72. The maximum Gasteiger partial charge on any atom is 0.131 e. The predicted octanol–water partition coefficient (Wildman–Crippen LogP) is 10.6. The van der Waals surface area contributed by atoms with Crippen molar-refractivity contribution in [1.82, 2.24) is 5.32 Å². The Morgan fingerprint density at radius 1 is 0.619 bits per heavy atom. The van der Waals surface area contributed by atoms with E-state index in [9.17, 15) is 0 Å². The van der Waals surface area contributed by atoms with Crippen molar-refractivity contribution >= 4 is 22.8 Å². The molecule has 2 fully saturated rings. The van der Waals surface area contributed by atoms with Crippen LogP contribution in [-0.2, 0) is 0 Å². The van der Waals surface area contributed by atoms with E-state index in [0.29, 0.717) is 23.9 Å². The van der Waals surface area contributed by atoms with Crippen molar-refractivity contribution in [3.8, 4) is 0 Å². The third kappa shape index (κ3) is 7.54. The van der Waals surface area contributed by atoms with Gasteiger partial charge in [0.05, 0.1) is 11.7 Å². The fraction of sp³-hybridized carbons (Fsp3) is 0.462. The molecule has 2 aliphatic carbocycles. The van der Waals surface area contributed by atoms with E-state index in [0.717, 1.165) is 11.5 Å². The second-order valence-electron chi connectivity index (χ2n) is 13.0. The number of rotatable bonds is 9. The Balaban J connectivity index is 1.76. The molecule has 0 aromatic heterocycles. The highest BCUT2D eigenvalue weighted by molar-refractivity contribution is 6.30. The molecule has 0 amide bonds. The van der Waals surface area contributed by atoms with Crippen molar-refractivity contribution in [3.05, 3.63) is 101 Å². The molecule has 0 heterocycles. The Morgan fingerprint density at radius 3 is 1.69 bits per heavy atom. The van der Waals surface area contributed by atoms with Crippen molar-refractivity contribution in [2.24, 2.45) is 4.99 Å². The minimum Gasteiger partial charge on any atom is -0.367 e. The lowest BCUT2D eigenvalue weighted by atomic mass is 9.90. The lowest BCUT2D eigenvalue weighted by Gasteiger charge is -2.30. The highest BCUT2D eigenvalue weighted by atomic mass is 15.0. The van der Waals surface area contributed by atoms with E-state index in [-0.39, 0.29) is 0 Å². The van der Waals surface area contributed by atoms with E-state index >= 15 is 0 Å². The third-order valence-electron chi connectivity index (χ3n) is 9.07. The quantitative estimate of drug-likeness (QED) is 0.155. The summed E-state index contributed by atoms with van der Waals surface area (Å²) in [6.45, 7) is 9.20. The van der Waals surface area contributed by atoms with E-state index in [1.54, 1.807) is 0 Å². The minimum absolute atomic E-state index is 0.370. The summed E-state index contributed by atoms with van der Waals surface area (Å²) in [5.74, 6) is 1.87. The second kappa shape index (κ2) is 14.7. The molecule has 0 radical (unpaired) electrons. The SMILES string of the molecule is CC(C)c1cccc(C(C)C)c1N/C(=C(/C(=NC1CCCCC1)NC1CCCCC1)c1ccccc1)c1ccccc1. The van der Waals surface area contributed by atoms with Crippen LogP contribution in [0.3, 0.4) is 0 Å². The molecule has 0 saturated heterocycles. The molecule has 3 aromatic carbocycles. The van der Waals surface area contributed by atoms with Crippen LogP contribution in [0.2, 0.25) is 0 Å². The number of nitrogens with one attached hydrogen (secondary N) is 2. The molecule has 3 aromatic rings. The van der Waals surface area contributed by atoms with Gasteiger partial charge in [0, 0.05) is 17.3 Å². The highest BCUT2D eigenvalue weighted by Gasteiger charge is 2.25. The first-order valence-electron chi connectivity index (χ1n) is 16.6. The van der Waals surface area contributed by atoms with Gasteiger partial charge < -0.3 is 10.6 Å². The lowest BCUT2D eigenvalue weighted by molar-refractivity contribution is 0.409. The number of para-hydroxylation sites is 1. The summed E-state index contributed by atoms with van der Waals surface area (Å²) in [4.78, 5) is 5.62. The molecule has 0 bridgehead atoms. The van der Waals surface area contributed by atoms with Crippen molar-refractivity contribution in [1.29, 1.82) is 0 Å². The van der Waals surface area contributed by atoms with Crippen LogP contribution in [0.5, 0.6) is 0 Å². The minimum atomic E-state index is 0.370. The van der Waals surface area contributed by atoms with E-state index in [1.165, 1.54) is 97.7 Å². The number of amidine groups is 1. The van der Waals surface area contributed by atoms with Crippen LogP contribution in [-0.4, -0.2) is 17.9 Å². The zero-order valence-electron chi connectivity index (χ0n) is 26.3. The summed E-state index contributed by atoms with van der Waals surface area (Å²) in [6, 6.07) is 29.5. The summed E-state index contributed by atoms with van der Waals surface area (Å²) in [6.07, 6.45) is 12.6. The Labute approximate surface area is 255 Å². The van der Waals surface area contributed by atoms with Crippen LogP contribution >= 0.6 is 0 Å². The van der Waals surface area contributed by atoms with Gasteiger partial charge in [-0.3, -0.25) is 4.99 Å². The zero-order chi connectivity index (χ0) is 29.3. The topological polar surface area (TPSA) is 36.4 Å². The van der Waals surface area contributed by atoms with Crippen LogP contribution in [0.15, 0.2) is 83.9 Å². The number of nitrogens with zero attached hydrogens (tertiary/aromatic N) is 1. The molecule has 3 nitrogen and oxygen atoms in total. The first-order valence-corrected chi connectivity index (χ1v) is 16.6. The first kappa shape index (κ1) is 30.1. The largest absolute Gasteiger partial charge is 0.367 e. The van der Waals surface area contributed by atoms with E-state index in [2.05, 4.69) is 117 Å². The third-order valence-corrected chi connectivity index (χ3v) is 9.07. The number of anilines is 1. The monoisotopic (exact) mass is 561 g/mol. The van der Waals surface area contributed by atoms with Crippen LogP contribution in [0, 0.1) is 0 Å². The van der Waals surface area contributed by atoms with Crippen LogP contribution in [0.1, 0.15) is 126 Å². The molecular formula is C39H51N3.